The summed E-state index contributed by atoms with van der Waals surface area (Å²) in [6.45, 7) is 0. The normalized spacial score (nSPS) is 11.6. The minimum absolute atomic E-state index is 0.0832. The highest BCUT2D eigenvalue weighted by atomic mass is 32.2. The van der Waals surface area contributed by atoms with Gasteiger partial charge in [0.1, 0.15) is 0 Å². The molecule has 0 spiro atoms. The van der Waals surface area contributed by atoms with Crippen molar-refractivity contribution in [3.05, 3.63) is 94.2 Å². The maximum absolute atomic E-state index is 12.7. The van der Waals surface area contributed by atoms with Crippen LogP contribution < -0.4 is 10.6 Å². The van der Waals surface area contributed by atoms with Gasteiger partial charge in [-0.05, 0) is 29.1 Å². The molecule has 4 aromatic rings. The molecular formula is C23H20N4O2S3. The van der Waals surface area contributed by atoms with Gasteiger partial charge in [0.05, 0.1) is 12.5 Å². The molecule has 0 saturated heterocycles. The van der Waals surface area contributed by atoms with Gasteiger partial charge in [0.15, 0.2) is 4.34 Å². The van der Waals surface area contributed by atoms with Gasteiger partial charge in [-0.15, -0.1) is 21.5 Å². The Bertz CT molecular complexity index is 1150. The largest absolute Gasteiger partial charge is 0.345 e. The Morgan fingerprint density at radius 2 is 1.69 bits per heavy atom. The second-order valence-electron chi connectivity index (χ2n) is 6.80. The number of thiophene rings is 1. The lowest BCUT2D eigenvalue weighted by molar-refractivity contribution is -0.116. The first-order valence-corrected chi connectivity index (χ1v) is 12.5. The fourth-order valence-electron chi connectivity index (χ4n) is 2.97. The van der Waals surface area contributed by atoms with Gasteiger partial charge in [-0.2, -0.15) is 0 Å². The van der Waals surface area contributed by atoms with Crippen LogP contribution in [0.5, 0.6) is 0 Å². The standard InChI is InChI=1S/C23H20N4O2S3/c28-20(25-22-26-27-23(32-22)31-15-18-12-7-13-30-18)14-19(16-8-3-1-4-9-16)24-21(29)17-10-5-2-6-11-17/h1-13,19H,14-15H2,(H,24,29)(H,25,26,28). The van der Waals surface area contributed by atoms with Gasteiger partial charge < -0.3 is 10.6 Å². The molecule has 0 aliphatic heterocycles. The Morgan fingerprint density at radius 1 is 0.938 bits per heavy atom. The molecule has 2 aromatic heterocycles. The Kier molecular flexibility index (Phi) is 7.65. The molecule has 6 nitrogen and oxygen atoms in total. The number of rotatable bonds is 9. The fourth-order valence-corrected chi connectivity index (χ4v) is 5.51. The monoisotopic (exact) mass is 480 g/mol. The first-order valence-electron chi connectivity index (χ1n) is 9.87. The first kappa shape index (κ1) is 22.2. The highest BCUT2D eigenvalue weighted by Gasteiger charge is 2.20. The van der Waals surface area contributed by atoms with Crippen LogP contribution in [0.1, 0.15) is 33.3 Å². The zero-order chi connectivity index (χ0) is 22.2. The van der Waals surface area contributed by atoms with E-state index in [9.17, 15) is 9.59 Å². The van der Waals surface area contributed by atoms with Crippen LogP contribution in [0.2, 0.25) is 0 Å². The molecule has 4 rings (SSSR count). The van der Waals surface area contributed by atoms with E-state index in [0.29, 0.717) is 10.7 Å². The zero-order valence-corrected chi connectivity index (χ0v) is 19.4. The molecule has 0 saturated carbocycles. The van der Waals surface area contributed by atoms with Gasteiger partial charge >= 0.3 is 0 Å². The van der Waals surface area contributed by atoms with Gasteiger partial charge in [-0.3, -0.25) is 9.59 Å². The molecule has 2 N–H and O–H groups in total. The topological polar surface area (TPSA) is 84.0 Å². The third-order valence-electron chi connectivity index (χ3n) is 4.50. The predicted molar refractivity (Wildman–Crippen MR) is 130 cm³/mol. The average Bonchev–Trinajstić information content (AvgIpc) is 3.50. The van der Waals surface area contributed by atoms with Crippen LogP contribution in [0.3, 0.4) is 0 Å². The van der Waals surface area contributed by atoms with E-state index < -0.39 is 6.04 Å². The number of hydrogen-bond donors (Lipinski definition) is 2. The molecule has 0 radical (unpaired) electrons. The van der Waals surface area contributed by atoms with Gasteiger partial charge in [0.2, 0.25) is 11.0 Å². The summed E-state index contributed by atoms with van der Waals surface area (Å²) < 4.78 is 0.797. The van der Waals surface area contributed by atoms with E-state index in [4.69, 9.17) is 0 Å². The van der Waals surface area contributed by atoms with Crippen molar-refractivity contribution in [2.45, 2.75) is 22.6 Å². The third-order valence-corrected chi connectivity index (χ3v) is 7.58. The molecule has 0 fully saturated rings. The molecule has 1 atom stereocenters. The van der Waals surface area contributed by atoms with Crippen LogP contribution in [0, 0.1) is 0 Å². The number of aromatic nitrogens is 2. The molecule has 0 aliphatic carbocycles. The summed E-state index contributed by atoms with van der Waals surface area (Å²) in [4.78, 5) is 26.7. The third kappa shape index (κ3) is 6.25. The Labute approximate surface area is 198 Å². The summed E-state index contributed by atoms with van der Waals surface area (Å²) in [7, 11) is 0. The van der Waals surface area contributed by atoms with Crippen molar-refractivity contribution in [1.29, 1.82) is 0 Å². The molecule has 32 heavy (non-hydrogen) atoms. The minimum atomic E-state index is -0.468. The van der Waals surface area contributed by atoms with Crippen molar-refractivity contribution in [3.8, 4) is 0 Å². The lowest BCUT2D eigenvalue weighted by atomic mass is 10.0. The molecule has 2 aromatic carbocycles. The number of benzene rings is 2. The smallest absolute Gasteiger partial charge is 0.251 e. The van der Waals surface area contributed by atoms with Crippen LogP contribution in [-0.4, -0.2) is 22.0 Å². The van der Waals surface area contributed by atoms with E-state index in [1.165, 1.54) is 16.2 Å². The summed E-state index contributed by atoms with van der Waals surface area (Å²) in [5.74, 6) is 0.357. The number of nitrogens with one attached hydrogen (secondary N) is 2. The van der Waals surface area contributed by atoms with Crippen molar-refractivity contribution in [1.82, 2.24) is 15.5 Å². The number of thioether (sulfide) groups is 1. The number of nitrogens with zero attached hydrogens (tertiary/aromatic N) is 2. The number of carbonyl (C=O) groups excluding carboxylic acids is 2. The molecule has 1 unspecified atom stereocenters. The number of carbonyl (C=O) groups is 2. The minimum Gasteiger partial charge on any atom is -0.345 e. The van der Waals surface area contributed by atoms with E-state index in [2.05, 4.69) is 26.9 Å². The van der Waals surface area contributed by atoms with Crippen LogP contribution in [0.25, 0.3) is 0 Å². The van der Waals surface area contributed by atoms with Crippen LogP contribution in [-0.2, 0) is 10.5 Å². The average molecular weight is 481 g/mol. The molecule has 162 valence electrons. The zero-order valence-electron chi connectivity index (χ0n) is 16.9. The summed E-state index contributed by atoms with van der Waals surface area (Å²) in [5.41, 5.74) is 1.40. The Balaban J connectivity index is 1.38. The van der Waals surface area contributed by atoms with Crippen molar-refractivity contribution in [2.75, 3.05) is 5.32 Å². The Hall–Kier alpha value is -3.01. The number of amides is 2. The molecule has 9 heteroatoms. The lowest BCUT2D eigenvalue weighted by Gasteiger charge is -2.18. The Morgan fingerprint density at radius 3 is 2.41 bits per heavy atom. The highest BCUT2D eigenvalue weighted by Crippen LogP contribution is 2.30. The maximum atomic E-state index is 12.7. The molecule has 0 aliphatic rings. The molecule has 2 amide bonds. The fraction of sp³-hybridized carbons (Fsp3) is 0.130. The molecular weight excluding hydrogens is 460 g/mol. The van der Waals surface area contributed by atoms with Crippen LogP contribution in [0.4, 0.5) is 5.13 Å². The summed E-state index contributed by atoms with van der Waals surface area (Å²) in [6.07, 6.45) is 0.0832. The summed E-state index contributed by atoms with van der Waals surface area (Å²) >= 11 is 4.63. The van der Waals surface area contributed by atoms with Crippen molar-refractivity contribution in [2.24, 2.45) is 0 Å². The van der Waals surface area contributed by atoms with Gasteiger partial charge in [0.25, 0.3) is 5.91 Å². The predicted octanol–water partition coefficient (Wildman–Crippen LogP) is 5.39. The van der Waals surface area contributed by atoms with Crippen molar-refractivity contribution >= 4 is 51.4 Å². The molecule has 2 heterocycles. The molecule has 0 bridgehead atoms. The van der Waals surface area contributed by atoms with Crippen LogP contribution >= 0.6 is 34.4 Å². The van der Waals surface area contributed by atoms with Gasteiger partial charge in [0, 0.05) is 16.2 Å². The van der Waals surface area contributed by atoms with Gasteiger partial charge in [-0.25, -0.2) is 0 Å². The second-order valence-corrected chi connectivity index (χ2v) is 10.0. The van der Waals surface area contributed by atoms with Gasteiger partial charge in [-0.1, -0.05) is 77.7 Å². The maximum Gasteiger partial charge on any atom is 0.251 e. The van der Waals surface area contributed by atoms with E-state index >= 15 is 0 Å². The van der Waals surface area contributed by atoms with E-state index in [1.54, 1.807) is 35.2 Å². The quantitative estimate of drug-likeness (QED) is 0.248. The number of anilines is 1. The summed E-state index contributed by atoms with van der Waals surface area (Å²) in [5, 5.41) is 16.5. The summed E-state index contributed by atoms with van der Waals surface area (Å²) in [6, 6.07) is 22.1. The SMILES string of the molecule is O=C(CC(NC(=O)c1ccccc1)c1ccccc1)Nc1nnc(SCc2cccs2)s1. The van der Waals surface area contributed by atoms with Crippen molar-refractivity contribution < 1.29 is 9.59 Å². The van der Waals surface area contributed by atoms with Crippen LogP contribution in [0.15, 0.2) is 82.5 Å². The second kappa shape index (κ2) is 11.0. The highest BCUT2D eigenvalue weighted by molar-refractivity contribution is 8.00. The van der Waals surface area contributed by atoms with E-state index in [0.717, 1.165) is 15.7 Å². The first-order chi connectivity index (χ1) is 15.7. The van der Waals surface area contributed by atoms with E-state index in [-0.39, 0.29) is 18.2 Å². The van der Waals surface area contributed by atoms with E-state index in [1.807, 2.05) is 60.0 Å². The lowest BCUT2D eigenvalue weighted by Crippen LogP contribution is -2.31. The number of hydrogen-bond acceptors (Lipinski definition) is 7. The van der Waals surface area contributed by atoms with Crippen molar-refractivity contribution in [3.63, 3.8) is 0 Å².